The van der Waals surface area contributed by atoms with E-state index in [2.05, 4.69) is 26.8 Å². The maximum atomic E-state index is 11.9. The number of aliphatic hydroxyl groups excluding tert-OH is 15. The fourth-order valence-corrected chi connectivity index (χ4v) is 16.4. The molecule has 3 saturated carbocycles. The predicted molar refractivity (Wildman–Crippen MR) is 282 cm³/mol. The third-order valence-electron chi connectivity index (χ3n) is 21.5. The van der Waals surface area contributed by atoms with Gasteiger partial charge in [-0.25, -0.2) is 0 Å². The first kappa shape index (κ1) is 65.6. The van der Waals surface area contributed by atoms with Crippen LogP contribution < -0.4 is 0 Å². The van der Waals surface area contributed by atoms with Crippen LogP contribution >= 0.6 is 0 Å². The Morgan fingerprint density at radius 2 is 1.24 bits per heavy atom. The molecule has 0 aromatic heterocycles. The summed E-state index contributed by atoms with van der Waals surface area (Å²) in [5.41, 5.74) is 1.14. The number of allylic oxidation sites excluding steroid dienone is 1. The van der Waals surface area contributed by atoms with Gasteiger partial charge in [0, 0.05) is 19.4 Å². The molecule has 0 unspecified atom stereocenters. The van der Waals surface area contributed by atoms with Crippen molar-refractivity contribution in [1.29, 1.82) is 0 Å². The lowest BCUT2D eigenvalue weighted by molar-refractivity contribution is -0.386. The molecule has 0 radical (unpaired) electrons. The molecule has 0 spiro atoms. The van der Waals surface area contributed by atoms with Gasteiger partial charge in [0.25, 0.3) is 0 Å². The Hall–Kier alpha value is -1.34. The van der Waals surface area contributed by atoms with Crippen LogP contribution in [-0.4, -0.2) is 282 Å². The van der Waals surface area contributed by atoms with Gasteiger partial charge in [-0.1, -0.05) is 39.3 Å². The molecule has 15 N–H and O–H groups in total. The van der Waals surface area contributed by atoms with Crippen LogP contribution in [0.15, 0.2) is 11.6 Å². The highest BCUT2D eigenvalue weighted by Crippen LogP contribution is 2.70. The van der Waals surface area contributed by atoms with Crippen LogP contribution in [-0.2, 0) is 56.8 Å². The summed E-state index contributed by atoms with van der Waals surface area (Å²) >= 11 is 0. The number of rotatable bonds is 18. The van der Waals surface area contributed by atoms with Crippen molar-refractivity contribution in [3.8, 4) is 0 Å². The molecule has 35 atom stereocenters. The zero-order valence-corrected chi connectivity index (χ0v) is 48.6. The molecule has 9 fully saturated rings. The van der Waals surface area contributed by atoms with Crippen LogP contribution in [0.2, 0.25) is 0 Å². The number of ether oxygens (including phenoxy) is 12. The summed E-state index contributed by atoms with van der Waals surface area (Å²) in [6.45, 7) is 8.23. The largest absolute Gasteiger partial charge is 0.394 e. The van der Waals surface area contributed by atoms with Gasteiger partial charge in [-0.3, -0.25) is 0 Å². The van der Waals surface area contributed by atoms with Gasteiger partial charge in [0.15, 0.2) is 37.2 Å². The lowest BCUT2D eigenvalue weighted by Crippen LogP contribution is -2.66. The van der Waals surface area contributed by atoms with Crippen molar-refractivity contribution in [2.75, 3.05) is 40.1 Å². The monoisotopic (exact) mass is 1210 g/mol. The second-order valence-electron chi connectivity index (χ2n) is 26.4. The molecular formula is C57H94O27. The first-order valence-electron chi connectivity index (χ1n) is 30.2. The van der Waals surface area contributed by atoms with Crippen molar-refractivity contribution in [3.63, 3.8) is 0 Å². The van der Waals surface area contributed by atoms with Crippen LogP contribution in [0, 0.1) is 46.3 Å². The number of hydrogen-bond donors (Lipinski definition) is 15. The fraction of sp³-hybridized carbons (Fsp3) is 0.965. The minimum Gasteiger partial charge on any atom is -0.394 e. The molecule has 6 aliphatic heterocycles. The highest BCUT2D eigenvalue weighted by Gasteiger charge is 2.68. The van der Waals surface area contributed by atoms with Crippen molar-refractivity contribution in [2.45, 2.75) is 258 Å². The van der Waals surface area contributed by atoms with Gasteiger partial charge in [-0.05, 0) is 98.7 Å². The van der Waals surface area contributed by atoms with E-state index in [-0.39, 0.29) is 41.3 Å². The van der Waals surface area contributed by atoms with Crippen LogP contribution in [0.5, 0.6) is 0 Å². The van der Waals surface area contributed by atoms with Crippen LogP contribution in [0.1, 0.15) is 92.4 Å². The predicted octanol–water partition coefficient (Wildman–Crippen LogP) is -3.89. The smallest absolute Gasteiger partial charge is 0.187 e. The van der Waals surface area contributed by atoms with Crippen molar-refractivity contribution in [3.05, 3.63) is 11.6 Å². The SMILES string of the molecule is CO[C@]1(CC[C@H](C)CO[C@H]2O[C@@H](CO)[C@H](O)[C@@H](O)[C@@H]2O)O[C@H]2C[C@H]3[C@@H]4CC=C5C[C@H](O[C@@H]6O[C@H](CO[C@H]7O[C@@H](CO)[C@H](O[C@H]8OC[C@H](O)[C@@H](O)[C@@H]8O)[C@@H](O)[C@@H]7O[C@H]7O[C@@H](C)[C@H](O)[C@@H](O)[C@@H]7O)[C@@H](O)[C@H](O)[C@H]6O)CC[C@@]5(C)[C@H]4CC[C@@]3(C)[C@H]2[C@@H]1C. The molecule has 4 aliphatic carbocycles. The molecule has 0 bridgehead atoms. The van der Waals surface area contributed by atoms with Crippen molar-refractivity contribution < 1.29 is 133 Å². The zero-order chi connectivity index (χ0) is 60.6. The van der Waals surface area contributed by atoms with Gasteiger partial charge in [-0.2, -0.15) is 0 Å². The topological polar surface area (TPSA) is 414 Å². The molecule has 10 aliphatic rings. The van der Waals surface area contributed by atoms with E-state index >= 15 is 0 Å². The Labute approximate surface area is 488 Å². The number of aliphatic hydroxyl groups is 15. The van der Waals surface area contributed by atoms with Gasteiger partial charge in [-0.15, -0.1) is 0 Å². The van der Waals surface area contributed by atoms with Gasteiger partial charge in [0.1, 0.15) is 110 Å². The molecule has 0 aromatic rings. The van der Waals surface area contributed by atoms with E-state index < -0.39 is 186 Å². The maximum absolute atomic E-state index is 11.9. The molecule has 27 nitrogen and oxygen atoms in total. The Morgan fingerprint density at radius 1 is 0.619 bits per heavy atom. The van der Waals surface area contributed by atoms with E-state index in [0.717, 1.165) is 32.1 Å². The lowest BCUT2D eigenvalue weighted by Gasteiger charge is -2.58. The van der Waals surface area contributed by atoms with Crippen LogP contribution in [0.25, 0.3) is 0 Å². The summed E-state index contributed by atoms with van der Waals surface area (Å²) in [5.74, 6) is 0.779. The first-order chi connectivity index (χ1) is 39.8. The van der Waals surface area contributed by atoms with Crippen molar-refractivity contribution >= 4 is 0 Å². The van der Waals surface area contributed by atoms with E-state index in [0.29, 0.717) is 43.4 Å². The first-order valence-corrected chi connectivity index (χ1v) is 30.2. The average molecular weight is 1210 g/mol. The highest BCUT2D eigenvalue weighted by atomic mass is 16.8. The van der Waals surface area contributed by atoms with Crippen molar-refractivity contribution in [1.82, 2.24) is 0 Å². The summed E-state index contributed by atoms with van der Waals surface area (Å²) in [5, 5.41) is 159. The summed E-state index contributed by atoms with van der Waals surface area (Å²) in [6.07, 6.45) is -28.7. The molecule has 27 heteroatoms. The van der Waals surface area contributed by atoms with Gasteiger partial charge in [0.05, 0.1) is 51.3 Å². The van der Waals surface area contributed by atoms with E-state index in [9.17, 15) is 76.6 Å². The molecule has 6 saturated heterocycles. The van der Waals surface area contributed by atoms with E-state index in [1.54, 1.807) is 7.11 Å². The van der Waals surface area contributed by atoms with E-state index in [4.69, 9.17) is 56.8 Å². The van der Waals surface area contributed by atoms with Gasteiger partial charge in [0.2, 0.25) is 0 Å². The van der Waals surface area contributed by atoms with Crippen molar-refractivity contribution in [2.24, 2.45) is 46.3 Å². The average Bonchev–Trinajstić information content (AvgIpc) is 1.53. The van der Waals surface area contributed by atoms with E-state index in [1.807, 2.05) is 6.92 Å². The molecule has 84 heavy (non-hydrogen) atoms. The Kier molecular flexibility index (Phi) is 20.4. The minimum absolute atomic E-state index is 0.00449. The molecular weight excluding hydrogens is 1120 g/mol. The zero-order valence-electron chi connectivity index (χ0n) is 48.6. The Bertz CT molecular complexity index is 2200. The van der Waals surface area contributed by atoms with Gasteiger partial charge < -0.3 is 133 Å². The third-order valence-corrected chi connectivity index (χ3v) is 21.5. The quantitative estimate of drug-likeness (QED) is 0.0584. The third kappa shape index (κ3) is 12.0. The highest BCUT2D eigenvalue weighted by molar-refractivity contribution is 5.26. The maximum Gasteiger partial charge on any atom is 0.187 e. The fourth-order valence-electron chi connectivity index (χ4n) is 16.4. The second-order valence-corrected chi connectivity index (χ2v) is 26.4. The number of fused-ring (bicyclic) bond motifs is 7. The lowest BCUT2D eigenvalue weighted by atomic mass is 9.47. The molecule has 0 aromatic carbocycles. The summed E-state index contributed by atoms with van der Waals surface area (Å²) < 4.78 is 72.4. The molecule has 10 rings (SSSR count). The van der Waals surface area contributed by atoms with E-state index in [1.165, 1.54) is 12.5 Å². The summed E-state index contributed by atoms with van der Waals surface area (Å²) in [7, 11) is 1.71. The summed E-state index contributed by atoms with van der Waals surface area (Å²) in [6, 6.07) is 0. The Morgan fingerprint density at radius 3 is 1.93 bits per heavy atom. The molecule has 484 valence electrons. The second kappa shape index (κ2) is 26.1. The number of methoxy groups -OCH3 is 1. The Balaban J connectivity index is 0.760. The molecule has 6 heterocycles. The normalized spacial score (nSPS) is 54.4. The summed E-state index contributed by atoms with van der Waals surface area (Å²) in [4.78, 5) is 0. The number of hydrogen-bond acceptors (Lipinski definition) is 27. The minimum atomic E-state index is -1.89. The van der Waals surface area contributed by atoms with Gasteiger partial charge >= 0.3 is 0 Å². The molecule has 0 amide bonds. The standard InChI is InChI=1S/C57H94O27/c1-22(19-74-50-44(69)41(66)38(63)32(17-58)79-50)9-14-57(73-6)23(2)35-31(84-57)16-29-27-8-7-25-15-26(10-12-55(25,4)28(27)11-13-56(29,35)5)78-53-46(71)42(67)39(64)34(81-53)21-76-54-49(83-52-45(70)40(65)36(61)24(3)77-52)47(72)48(33(18-59)80-54)82-51-43(68)37(62)30(60)20-75-51/h7,22-24,26-54,58-72H,8-21H2,1-6H3/t22-,23-,24-,26+,27+,28-,29-,30-,31-,32-,33-,34+,35-,36-,37+,38-,39+,40+,41+,42-,43-,44-,45-,46+,47+,48-,49-,50-,51+,52+,53+,54-,55+,56+,57+/m0/s1. The van der Waals surface area contributed by atoms with Crippen LogP contribution in [0.4, 0.5) is 0 Å². The van der Waals surface area contributed by atoms with Crippen LogP contribution in [0.3, 0.4) is 0 Å².